The number of para-hydroxylation sites is 2. The second-order valence-electron chi connectivity index (χ2n) is 14.7. The van der Waals surface area contributed by atoms with Crippen molar-refractivity contribution in [1.29, 1.82) is 0 Å². The molecule has 13 rings (SSSR count). The molecule has 0 fully saturated rings. The molecule has 5 aromatic heterocycles. The largest absolute Gasteiger partial charge is 0.435 e. The zero-order valence-corrected chi connectivity index (χ0v) is 31.1. The third-order valence-electron chi connectivity index (χ3n) is 11.6. The summed E-state index contributed by atoms with van der Waals surface area (Å²) in [5.41, 5.74) is 12.3. The molecule has 0 amide bonds. The van der Waals surface area contributed by atoms with Crippen molar-refractivity contribution in [2.45, 2.75) is 0 Å². The summed E-state index contributed by atoms with van der Waals surface area (Å²) < 4.78 is 11.6. The number of benzene rings is 8. The summed E-state index contributed by atoms with van der Waals surface area (Å²) >= 11 is 1.80. The summed E-state index contributed by atoms with van der Waals surface area (Å²) in [7, 11) is 0. The van der Waals surface area contributed by atoms with Crippen LogP contribution in [0.5, 0.6) is 0 Å². The van der Waals surface area contributed by atoms with Crippen LogP contribution in [-0.2, 0) is 0 Å². The Bertz CT molecular complexity index is 3760. The number of aromatic nitrogens is 4. The quantitative estimate of drug-likeness (QED) is 0.180. The van der Waals surface area contributed by atoms with Crippen LogP contribution < -0.4 is 0 Å². The highest BCUT2D eigenvalue weighted by atomic mass is 32.1. The van der Waals surface area contributed by atoms with Gasteiger partial charge in [-0.05, 0) is 71.8 Å². The van der Waals surface area contributed by atoms with Crippen molar-refractivity contribution in [3.63, 3.8) is 0 Å². The average Bonchev–Trinajstić information content (AvgIpc) is 4.04. The van der Waals surface area contributed by atoms with Gasteiger partial charge in [0.2, 0.25) is 5.89 Å². The minimum atomic E-state index is 0.628. The van der Waals surface area contributed by atoms with Gasteiger partial charge in [-0.25, -0.2) is 15.0 Å². The first kappa shape index (κ1) is 30.9. The number of hydrogen-bond donors (Lipinski definition) is 0. The summed E-state index contributed by atoms with van der Waals surface area (Å²) in [6.45, 7) is 0. The van der Waals surface area contributed by atoms with E-state index < -0.39 is 0 Å². The molecule has 0 atom stereocenters. The monoisotopic (exact) mass is 744 g/mol. The van der Waals surface area contributed by atoms with E-state index in [0.29, 0.717) is 5.89 Å². The first-order valence-electron chi connectivity index (χ1n) is 19.1. The molecule has 0 saturated heterocycles. The molecule has 5 nitrogen and oxygen atoms in total. The van der Waals surface area contributed by atoms with Crippen molar-refractivity contribution >= 4 is 91.6 Å². The summed E-state index contributed by atoms with van der Waals surface area (Å²) in [5.74, 6) is 1.36. The van der Waals surface area contributed by atoms with Gasteiger partial charge in [0.15, 0.2) is 11.4 Å². The fraction of sp³-hybridized carbons (Fsp3) is 0. The van der Waals surface area contributed by atoms with Gasteiger partial charge in [0, 0.05) is 58.4 Å². The van der Waals surface area contributed by atoms with Crippen molar-refractivity contribution < 1.29 is 4.42 Å². The molecule has 8 aromatic carbocycles. The highest BCUT2D eigenvalue weighted by Crippen LogP contribution is 2.45. The second-order valence-corrected chi connectivity index (χ2v) is 15.8. The first-order chi connectivity index (χ1) is 28.2. The van der Waals surface area contributed by atoms with Gasteiger partial charge in [0.25, 0.3) is 0 Å². The highest BCUT2D eigenvalue weighted by Gasteiger charge is 2.24. The average molecular weight is 745 g/mol. The smallest absolute Gasteiger partial charge is 0.227 e. The van der Waals surface area contributed by atoms with Gasteiger partial charge in [-0.1, -0.05) is 109 Å². The molecule has 0 aliphatic carbocycles. The normalized spacial score (nSPS) is 12.2. The third kappa shape index (κ3) is 4.41. The summed E-state index contributed by atoms with van der Waals surface area (Å²) in [4.78, 5) is 15.6. The Morgan fingerprint density at radius 1 is 0.456 bits per heavy atom. The van der Waals surface area contributed by atoms with E-state index in [9.17, 15) is 0 Å². The van der Waals surface area contributed by atoms with E-state index in [1.165, 1.54) is 36.5 Å². The van der Waals surface area contributed by atoms with E-state index in [-0.39, 0.29) is 0 Å². The molecule has 0 saturated carbocycles. The second kappa shape index (κ2) is 11.6. The summed E-state index contributed by atoms with van der Waals surface area (Å²) in [6.07, 6.45) is 0. The van der Waals surface area contributed by atoms with Crippen LogP contribution in [-0.4, -0.2) is 19.4 Å². The zero-order chi connectivity index (χ0) is 37.2. The number of thiophene rings is 1. The Morgan fingerprint density at radius 3 is 2.11 bits per heavy atom. The number of rotatable bonds is 4. The lowest BCUT2D eigenvalue weighted by molar-refractivity contribution is 0.623. The molecule has 57 heavy (non-hydrogen) atoms. The predicted octanol–water partition coefficient (Wildman–Crippen LogP) is 14.0. The maximum absolute atomic E-state index is 6.69. The number of hydrogen-bond acceptors (Lipinski definition) is 5. The van der Waals surface area contributed by atoms with Gasteiger partial charge in [-0.2, -0.15) is 0 Å². The molecule has 0 spiro atoms. The Kier molecular flexibility index (Phi) is 6.26. The van der Waals surface area contributed by atoms with Gasteiger partial charge in [-0.3, -0.25) is 0 Å². The van der Waals surface area contributed by atoms with Gasteiger partial charge < -0.3 is 8.82 Å². The predicted molar refractivity (Wildman–Crippen MR) is 236 cm³/mol. The Labute approximate surface area is 329 Å². The maximum Gasteiger partial charge on any atom is 0.227 e. The molecule has 6 heteroatoms. The van der Waals surface area contributed by atoms with Crippen LogP contribution in [0.3, 0.4) is 0 Å². The fourth-order valence-electron chi connectivity index (χ4n) is 9.01. The van der Waals surface area contributed by atoms with E-state index in [0.717, 1.165) is 83.1 Å². The fourth-order valence-corrected chi connectivity index (χ4v) is 10.2. The Balaban J connectivity index is 1.02. The standard InChI is InChI=1S/C51H28N4OS/c1-2-12-29(13-3-1)51-53-41-28-38-33-16-5-8-22-42(33)55-43-25-24-31(27-39(43)45(47(38)55)48(41)56-51)30-14-10-15-32(26-30)46-36-18-4-7-21-40(36)52-50(54-46)37-20-11-19-35-34-17-6-9-23-44(34)57-49(35)37/h1-28H. The van der Waals surface area contributed by atoms with Crippen LogP contribution in [0.1, 0.15) is 0 Å². The Morgan fingerprint density at radius 2 is 1.18 bits per heavy atom. The molecule has 0 N–H and O–H groups in total. The van der Waals surface area contributed by atoms with E-state index in [2.05, 4.69) is 144 Å². The molecule has 5 heterocycles. The van der Waals surface area contributed by atoms with Crippen LogP contribution in [0.2, 0.25) is 0 Å². The molecule has 0 radical (unpaired) electrons. The van der Waals surface area contributed by atoms with Crippen molar-refractivity contribution in [3.8, 4) is 45.2 Å². The lowest BCUT2D eigenvalue weighted by Gasteiger charge is -2.11. The molecule has 0 aliphatic rings. The Hall–Kier alpha value is -7.41. The van der Waals surface area contributed by atoms with Crippen LogP contribution in [0.4, 0.5) is 0 Å². The van der Waals surface area contributed by atoms with Crippen molar-refractivity contribution in [1.82, 2.24) is 19.4 Å². The van der Waals surface area contributed by atoms with Gasteiger partial charge >= 0.3 is 0 Å². The maximum atomic E-state index is 6.69. The molecular formula is C51H28N4OS. The zero-order valence-electron chi connectivity index (χ0n) is 30.3. The molecule has 0 unspecified atom stereocenters. The molecule has 264 valence electrons. The van der Waals surface area contributed by atoms with Crippen LogP contribution >= 0.6 is 11.3 Å². The van der Waals surface area contributed by atoms with E-state index in [1.807, 2.05) is 30.3 Å². The lowest BCUT2D eigenvalue weighted by Crippen LogP contribution is -1.95. The number of nitrogens with zero attached hydrogens (tertiary/aromatic N) is 4. The summed E-state index contributed by atoms with van der Waals surface area (Å²) in [6, 6.07) is 60.0. The minimum absolute atomic E-state index is 0.628. The highest BCUT2D eigenvalue weighted by molar-refractivity contribution is 7.26. The van der Waals surface area contributed by atoms with E-state index in [4.69, 9.17) is 19.4 Å². The molecular weight excluding hydrogens is 717 g/mol. The first-order valence-corrected chi connectivity index (χ1v) is 19.9. The minimum Gasteiger partial charge on any atom is -0.435 e. The van der Waals surface area contributed by atoms with Crippen LogP contribution in [0, 0.1) is 0 Å². The number of fused-ring (bicyclic) bond motifs is 12. The molecule has 0 bridgehead atoms. The van der Waals surface area contributed by atoms with Crippen molar-refractivity contribution in [2.75, 3.05) is 0 Å². The molecule has 0 aliphatic heterocycles. The SMILES string of the molecule is c1ccc(-c2nc3cc4c5ccccc5n5c6ccc(-c7cccc(-c8nc(-c9cccc%10c9sc9ccccc9%10)nc9ccccc89)c7)cc6c(c3o2)c45)cc1. The van der Waals surface area contributed by atoms with Crippen LogP contribution in [0.15, 0.2) is 174 Å². The third-order valence-corrected chi connectivity index (χ3v) is 12.8. The van der Waals surface area contributed by atoms with Crippen LogP contribution in [0.25, 0.3) is 125 Å². The molecule has 13 aromatic rings. The van der Waals surface area contributed by atoms with E-state index in [1.54, 1.807) is 11.3 Å². The van der Waals surface area contributed by atoms with Crippen molar-refractivity contribution in [2.24, 2.45) is 0 Å². The van der Waals surface area contributed by atoms with Gasteiger partial charge in [0.1, 0.15) is 5.52 Å². The van der Waals surface area contributed by atoms with Gasteiger partial charge in [-0.15, -0.1) is 11.3 Å². The number of oxazole rings is 1. The summed E-state index contributed by atoms with van der Waals surface area (Å²) in [5, 5.41) is 8.13. The lowest BCUT2D eigenvalue weighted by atomic mass is 9.98. The van der Waals surface area contributed by atoms with Gasteiger partial charge in [0.05, 0.1) is 33.1 Å². The topological polar surface area (TPSA) is 56.2 Å². The van der Waals surface area contributed by atoms with E-state index >= 15 is 0 Å². The van der Waals surface area contributed by atoms with Crippen molar-refractivity contribution in [3.05, 3.63) is 170 Å².